The van der Waals surface area contributed by atoms with Crippen LogP contribution in [-0.4, -0.2) is 62.9 Å². The molecule has 0 aromatic heterocycles. The number of hydrogen-bond donors (Lipinski definition) is 1. The van der Waals surface area contributed by atoms with Gasteiger partial charge in [0.15, 0.2) is 0 Å². The average Bonchev–Trinajstić information content (AvgIpc) is 2.81. The number of nitrogens with one attached hydrogen (secondary N) is 1. The maximum absolute atomic E-state index is 12.2. The van der Waals surface area contributed by atoms with Crippen LogP contribution in [-0.2, 0) is 14.3 Å². The number of ether oxygens (including phenoxy) is 2. The van der Waals surface area contributed by atoms with Crippen LogP contribution in [0.5, 0.6) is 0 Å². The highest BCUT2D eigenvalue weighted by molar-refractivity contribution is 5.82. The van der Waals surface area contributed by atoms with E-state index in [1.807, 2.05) is 18.9 Å². The molecule has 3 atom stereocenters. The summed E-state index contributed by atoms with van der Waals surface area (Å²) in [5, 5.41) is 3.23. The minimum atomic E-state index is -0.198. The summed E-state index contributed by atoms with van der Waals surface area (Å²) in [5.74, 6) is 0.618. The second-order valence-electron chi connectivity index (χ2n) is 4.96. The molecule has 0 saturated carbocycles. The maximum atomic E-state index is 12.2. The number of carbonyl (C=O) groups excluding carboxylic acids is 1. The number of likely N-dealkylation sites (N-methyl/N-ethyl adjacent to an activating group) is 1. The molecule has 0 aliphatic carbocycles. The third-order valence-corrected chi connectivity index (χ3v) is 3.51. The van der Waals surface area contributed by atoms with Crippen LogP contribution in [0.1, 0.15) is 13.3 Å². The zero-order valence-corrected chi connectivity index (χ0v) is 10.6. The Morgan fingerprint density at radius 1 is 1.47 bits per heavy atom. The Kier molecular flexibility index (Phi) is 4.36. The molecule has 2 aliphatic heterocycles. The van der Waals surface area contributed by atoms with Crippen LogP contribution >= 0.6 is 0 Å². The first-order chi connectivity index (χ1) is 8.18. The van der Waals surface area contributed by atoms with Gasteiger partial charge in [0.25, 0.3) is 0 Å². The van der Waals surface area contributed by atoms with Crippen molar-refractivity contribution in [2.45, 2.75) is 25.5 Å². The molecule has 1 amide bonds. The van der Waals surface area contributed by atoms with Crippen molar-refractivity contribution in [3.8, 4) is 0 Å². The molecule has 0 aromatic carbocycles. The minimum absolute atomic E-state index is 0.0430. The van der Waals surface area contributed by atoms with Gasteiger partial charge in [-0.2, -0.15) is 0 Å². The van der Waals surface area contributed by atoms with E-state index in [2.05, 4.69) is 5.32 Å². The number of carbonyl (C=O) groups is 1. The fraction of sp³-hybridized carbons (Fsp3) is 0.917. The highest BCUT2D eigenvalue weighted by atomic mass is 16.5. The van der Waals surface area contributed by atoms with Crippen molar-refractivity contribution in [1.82, 2.24) is 10.2 Å². The highest BCUT2D eigenvalue weighted by Crippen LogP contribution is 2.15. The van der Waals surface area contributed by atoms with Gasteiger partial charge in [0.05, 0.1) is 19.3 Å². The molecular weight excluding hydrogens is 220 g/mol. The number of nitrogens with zero attached hydrogens (tertiary/aromatic N) is 1. The van der Waals surface area contributed by atoms with Gasteiger partial charge in [-0.1, -0.05) is 0 Å². The molecule has 0 bridgehead atoms. The Hall–Kier alpha value is -0.650. The van der Waals surface area contributed by atoms with Gasteiger partial charge in [-0.15, -0.1) is 0 Å². The minimum Gasteiger partial charge on any atom is -0.381 e. The summed E-state index contributed by atoms with van der Waals surface area (Å²) in [6.07, 6.45) is 1.01. The topological polar surface area (TPSA) is 50.8 Å². The second-order valence-corrected chi connectivity index (χ2v) is 4.96. The fourth-order valence-corrected chi connectivity index (χ4v) is 2.45. The number of amides is 1. The molecule has 2 heterocycles. The van der Waals surface area contributed by atoms with Crippen LogP contribution in [0.25, 0.3) is 0 Å². The molecule has 2 saturated heterocycles. The van der Waals surface area contributed by atoms with E-state index in [0.717, 1.165) is 32.7 Å². The summed E-state index contributed by atoms with van der Waals surface area (Å²) in [7, 11) is 1.86. The first-order valence-electron chi connectivity index (χ1n) is 6.36. The Labute approximate surface area is 102 Å². The van der Waals surface area contributed by atoms with E-state index < -0.39 is 0 Å². The number of rotatable bonds is 3. The van der Waals surface area contributed by atoms with E-state index in [1.165, 1.54) is 0 Å². The SMILES string of the molecule is C[C@H]1OCCN[C@@H]1C(=O)N(C)CC1CCOC1. The molecule has 5 heteroatoms. The predicted octanol–water partition coefficient (Wildman–Crippen LogP) is -0.142. The lowest BCUT2D eigenvalue weighted by molar-refractivity contribution is -0.138. The quantitative estimate of drug-likeness (QED) is 0.748. The Morgan fingerprint density at radius 2 is 2.29 bits per heavy atom. The summed E-state index contributed by atoms with van der Waals surface area (Å²) in [5.41, 5.74) is 0. The molecule has 2 aliphatic rings. The molecular formula is C12H22N2O3. The lowest BCUT2D eigenvalue weighted by Gasteiger charge is -2.33. The van der Waals surface area contributed by atoms with Crippen molar-refractivity contribution >= 4 is 5.91 Å². The largest absolute Gasteiger partial charge is 0.381 e. The lowest BCUT2D eigenvalue weighted by Crippen LogP contribution is -2.56. The monoisotopic (exact) mass is 242 g/mol. The first-order valence-corrected chi connectivity index (χ1v) is 6.36. The first kappa shape index (κ1) is 12.8. The molecule has 2 fully saturated rings. The van der Waals surface area contributed by atoms with Gasteiger partial charge in [-0.3, -0.25) is 4.79 Å². The van der Waals surface area contributed by atoms with Crippen LogP contribution < -0.4 is 5.32 Å². The molecule has 0 radical (unpaired) electrons. The maximum Gasteiger partial charge on any atom is 0.242 e. The Bertz CT molecular complexity index is 266. The van der Waals surface area contributed by atoms with E-state index >= 15 is 0 Å². The molecule has 17 heavy (non-hydrogen) atoms. The third kappa shape index (κ3) is 3.18. The molecule has 5 nitrogen and oxygen atoms in total. The number of morpholine rings is 1. The van der Waals surface area contributed by atoms with E-state index in [-0.39, 0.29) is 18.1 Å². The second kappa shape index (κ2) is 5.80. The van der Waals surface area contributed by atoms with Crippen LogP contribution in [0.2, 0.25) is 0 Å². The number of hydrogen-bond acceptors (Lipinski definition) is 4. The Balaban J connectivity index is 1.84. The molecule has 0 aromatic rings. The zero-order valence-electron chi connectivity index (χ0n) is 10.6. The third-order valence-electron chi connectivity index (χ3n) is 3.51. The van der Waals surface area contributed by atoms with Crippen LogP contribution in [0.3, 0.4) is 0 Å². The molecule has 0 spiro atoms. The van der Waals surface area contributed by atoms with Crippen LogP contribution in [0.15, 0.2) is 0 Å². The molecule has 98 valence electrons. The summed E-state index contributed by atoms with van der Waals surface area (Å²) in [6, 6.07) is -0.198. The molecule has 2 rings (SSSR count). The summed E-state index contributed by atoms with van der Waals surface area (Å²) in [4.78, 5) is 14.0. The summed E-state index contributed by atoms with van der Waals surface area (Å²) < 4.78 is 10.8. The van der Waals surface area contributed by atoms with Crippen LogP contribution in [0.4, 0.5) is 0 Å². The van der Waals surface area contributed by atoms with Crippen molar-refractivity contribution in [3.63, 3.8) is 0 Å². The Morgan fingerprint density at radius 3 is 2.94 bits per heavy atom. The van der Waals surface area contributed by atoms with Crippen molar-refractivity contribution < 1.29 is 14.3 Å². The van der Waals surface area contributed by atoms with E-state index in [4.69, 9.17) is 9.47 Å². The lowest BCUT2D eigenvalue weighted by atomic mass is 10.1. The van der Waals surface area contributed by atoms with Gasteiger partial charge < -0.3 is 19.7 Å². The average molecular weight is 242 g/mol. The fourth-order valence-electron chi connectivity index (χ4n) is 2.45. The van der Waals surface area contributed by atoms with E-state index in [0.29, 0.717) is 12.5 Å². The van der Waals surface area contributed by atoms with Gasteiger partial charge >= 0.3 is 0 Å². The van der Waals surface area contributed by atoms with E-state index in [9.17, 15) is 4.79 Å². The van der Waals surface area contributed by atoms with Gasteiger partial charge in [0.1, 0.15) is 6.04 Å². The molecule has 1 N–H and O–H groups in total. The van der Waals surface area contributed by atoms with Crippen molar-refractivity contribution in [2.75, 3.05) is 40.0 Å². The zero-order chi connectivity index (χ0) is 12.3. The van der Waals surface area contributed by atoms with Crippen molar-refractivity contribution in [3.05, 3.63) is 0 Å². The smallest absolute Gasteiger partial charge is 0.242 e. The van der Waals surface area contributed by atoms with E-state index in [1.54, 1.807) is 0 Å². The van der Waals surface area contributed by atoms with Gasteiger partial charge in [-0.05, 0) is 13.3 Å². The van der Waals surface area contributed by atoms with Gasteiger partial charge in [0, 0.05) is 32.7 Å². The van der Waals surface area contributed by atoms with Crippen LogP contribution in [0, 0.1) is 5.92 Å². The van der Waals surface area contributed by atoms with Crippen molar-refractivity contribution in [2.24, 2.45) is 5.92 Å². The van der Waals surface area contributed by atoms with Gasteiger partial charge in [-0.25, -0.2) is 0 Å². The standard InChI is InChI=1S/C12H22N2O3/c1-9-11(13-4-6-17-9)12(15)14(2)7-10-3-5-16-8-10/h9-11,13H,3-8H2,1-2H3/t9-,10?,11+/m1/s1. The summed E-state index contributed by atoms with van der Waals surface area (Å²) >= 11 is 0. The van der Waals surface area contributed by atoms with Crippen molar-refractivity contribution in [1.29, 1.82) is 0 Å². The normalized spacial score (nSPS) is 33.6. The van der Waals surface area contributed by atoms with Gasteiger partial charge in [0.2, 0.25) is 5.91 Å². The highest BCUT2D eigenvalue weighted by Gasteiger charge is 2.31. The predicted molar refractivity (Wildman–Crippen MR) is 63.8 cm³/mol. The molecule has 1 unspecified atom stereocenters. The summed E-state index contributed by atoms with van der Waals surface area (Å²) in [6.45, 7) is 5.77.